The Morgan fingerprint density at radius 2 is 2.21 bits per heavy atom. The van der Waals surface area contributed by atoms with Gasteiger partial charge in [-0.3, -0.25) is 4.57 Å². The van der Waals surface area contributed by atoms with Crippen LogP contribution in [-0.2, 0) is 4.74 Å². The average Bonchev–Trinajstić information content (AvgIpc) is 2.59. The lowest BCUT2D eigenvalue weighted by atomic mass is 9.99. The summed E-state index contributed by atoms with van der Waals surface area (Å²) < 4.78 is 6.47. The maximum atomic E-state index is 11.8. The van der Waals surface area contributed by atoms with E-state index in [4.69, 9.17) is 10.5 Å². The summed E-state index contributed by atoms with van der Waals surface area (Å²) in [6, 6.07) is 0. The number of hydrogen-bond donors (Lipinski definition) is 4. The molecule has 0 aromatic carbocycles. The zero-order valence-corrected chi connectivity index (χ0v) is 10.6. The highest BCUT2D eigenvalue weighted by Crippen LogP contribution is 2.36. The third-order valence-electron chi connectivity index (χ3n) is 3.39. The molecule has 106 valence electrons. The molecule has 1 aromatic rings. The van der Waals surface area contributed by atoms with Crippen LogP contribution >= 0.6 is 0 Å². The van der Waals surface area contributed by atoms with Crippen molar-refractivity contribution in [3.8, 4) is 0 Å². The second kappa shape index (κ2) is 4.57. The minimum Gasteiger partial charge on any atom is -0.393 e. The van der Waals surface area contributed by atoms with E-state index in [1.54, 1.807) is 6.92 Å². The number of hydrogen-bond acceptors (Lipinski definition) is 7. The van der Waals surface area contributed by atoms with Crippen molar-refractivity contribution >= 4 is 5.82 Å². The summed E-state index contributed by atoms with van der Waals surface area (Å²) in [7, 11) is 0. The molecule has 2 heterocycles. The number of nitrogens with two attached hydrogens (primary N) is 1. The lowest BCUT2D eigenvalue weighted by Gasteiger charge is -2.24. The molecule has 1 unspecified atom stereocenters. The van der Waals surface area contributed by atoms with Gasteiger partial charge < -0.3 is 25.8 Å². The predicted molar refractivity (Wildman–Crippen MR) is 65.3 cm³/mol. The number of aliphatic hydroxyl groups is 3. The smallest absolute Gasteiger partial charge is 0.351 e. The van der Waals surface area contributed by atoms with Crippen LogP contribution in [0.25, 0.3) is 0 Å². The van der Waals surface area contributed by atoms with Crippen LogP contribution in [-0.4, -0.2) is 49.3 Å². The Morgan fingerprint density at radius 1 is 1.58 bits per heavy atom. The molecule has 1 saturated heterocycles. The molecule has 5 N–H and O–H groups in total. The summed E-state index contributed by atoms with van der Waals surface area (Å²) in [6.07, 6.45) is -2.38. The third kappa shape index (κ3) is 2.12. The first kappa shape index (κ1) is 13.9. The highest BCUT2D eigenvalue weighted by molar-refractivity contribution is 5.35. The number of aliphatic hydroxyl groups excluding tert-OH is 3. The zero-order valence-electron chi connectivity index (χ0n) is 10.6. The second-order valence-electron chi connectivity index (χ2n) is 4.91. The molecule has 8 heteroatoms. The monoisotopic (exact) mass is 271 g/mol. The van der Waals surface area contributed by atoms with Crippen LogP contribution in [0.2, 0.25) is 0 Å². The van der Waals surface area contributed by atoms with Gasteiger partial charge in [0, 0.05) is 11.8 Å². The van der Waals surface area contributed by atoms with Crippen molar-refractivity contribution < 1.29 is 20.1 Å². The minimum absolute atomic E-state index is 0.0965. The summed E-state index contributed by atoms with van der Waals surface area (Å²) in [5.41, 5.74) is 4.03. The SMILES string of the molecule is Cc1cn([C@@H]2O[C@](C)(CO)C(O)[C@@H]2O)c(=O)nc1N. The zero-order chi connectivity index (χ0) is 14.4. The third-order valence-corrected chi connectivity index (χ3v) is 3.39. The van der Waals surface area contributed by atoms with Gasteiger partial charge in [-0.1, -0.05) is 0 Å². The predicted octanol–water partition coefficient (Wildman–Crippen LogP) is -1.86. The van der Waals surface area contributed by atoms with Gasteiger partial charge in [-0.15, -0.1) is 0 Å². The van der Waals surface area contributed by atoms with Crippen molar-refractivity contribution in [1.29, 1.82) is 0 Å². The van der Waals surface area contributed by atoms with E-state index in [9.17, 15) is 20.1 Å². The second-order valence-corrected chi connectivity index (χ2v) is 4.91. The molecule has 1 aliphatic heterocycles. The molecule has 0 aliphatic carbocycles. The Morgan fingerprint density at radius 3 is 2.74 bits per heavy atom. The summed E-state index contributed by atoms with van der Waals surface area (Å²) in [5, 5.41) is 29.1. The molecule has 1 aliphatic rings. The van der Waals surface area contributed by atoms with Gasteiger partial charge in [-0.25, -0.2) is 4.79 Å². The molecular weight excluding hydrogens is 254 g/mol. The van der Waals surface area contributed by atoms with E-state index in [1.807, 2.05) is 0 Å². The van der Waals surface area contributed by atoms with Gasteiger partial charge in [0.25, 0.3) is 0 Å². The van der Waals surface area contributed by atoms with Crippen molar-refractivity contribution in [2.45, 2.75) is 37.9 Å². The van der Waals surface area contributed by atoms with Crippen LogP contribution in [0, 0.1) is 6.92 Å². The Labute approximate surface area is 109 Å². The topological polar surface area (TPSA) is 131 Å². The van der Waals surface area contributed by atoms with E-state index in [-0.39, 0.29) is 5.82 Å². The molecular formula is C11H17N3O5. The Hall–Kier alpha value is -1.48. The molecule has 0 radical (unpaired) electrons. The van der Waals surface area contributed by atoms with E-state index in [0.717, 1.165) is 4.57 Å². The maximum absolute atomic E-state index is 11.8. The van der Waals surface area contributed by atoms with Gasteiger partial charge in [0.05, 0.1) is 6.61 Å². The van der Waals surface area contributed by atoms with Crippen LogP contribution in [0.15, 0.2) is 11.0 Å². The van der Waals surface area contributed by atoms with Gasteiger partial charge in [-0.2, -0.15) is 4.98 Å². The molecule has 0 bridgehead atoms. The van der Waals surface area contributed by atoms with Gasteiger partial charge in [0.15, 0.2) is 6.23 Å². The Bertz CT molecular complexity index is 546. The van der Waals surface area contributed by atoms with E-state index in [1.165, 1.54) is 13.1 Å². The molecule has 0 spiro atoms. The van der Waals surface area contributed by atoms with Crippen molar-refractivity contribution in [1.82, 2.24) is 9.55 Å². The first-order valence-electron chi connectivity index (χ1n) is 5.80. The number of ether oxygens (including phenoxy) is 1. The lowest BCUT2D eigenvalue weighted by molar-refractivity contribution is -0.117. The van der Waals surface area contributed by atoms with Crippen LogP contribution in [0.5, 0.6) is 0 Å². The van der Waals surface area contributed by atoms with Crippen molar-refractivity contribution in [2.75, 3.05) is 12.3 Å². The highest BCUT2D eigenvalue weighted by atomic mass is 16.6. The molecule has 2 rings (SSSR count). The van der Waals surface area contributed by atoms with Gasteiger partial charge in [-0.05, 0) is 13.8 Å². The lowest BCUT2D eigenvalue weighted by Crippen LogP contribution is -2.43. The van der Waals surface area contributed by atoms with Gasteiger partial charge in [0.1, 0.15) is 23.6 Å². The van der Waals surface area contributed by atoms with E-state index < -0.39 is 36.3 Å². The fraction of sp³-hybridized carbons (Fsp3) is 0.636. The van der Waals surface area contributed by atoms with Crippen LogP contribution < -0.4 is 11.4 Å². The van der Waals surface area contributed by atoms with Crippen LogP contribution in [0.1, 0.15) is 18.7 Å². The molecule has 4 atom stereocenters. The summed E-state index contributed by atoms with van der Waals surface area (Å²) >= 11 is 0. The number of nitrogen functional groups attached to an aromatic ring is 1. The number of aromatic nitrogens is 2. The fourth-order valence-corrected chi connectivity index (χ4v) is 2.05. The summed E-state index contributed by atoms with van der Waals surface area (Å²) in [4.78, 5) is 15.4. The number of anilines is 1. The molecule has 1 aromatic heterocycles. The highest BCUT2D eigenvalue weighted by Gasteiger charge is 2.51. The first-order chi connectivity index (χ1) is 8.80. The maximum Gasteiger partial charge on any atom is 0.351 e. The first-order valence-corrected chi connectivity index (χ1v) is 5.80. The van der Waals surface area contributed by atoms with E-state index >= 15 is 0 Å². The van der Waals surface area contributed by atoms with Crippen LogP contribution in [0.3, 0.4) is 0 Å². The molecule has 1 fully saturated rings. The fourth-order valence-electron chi connectivity index (χ4n) is 2.05. The average molecular weight is 271 g/mol. The largest absolute Gasteiger partial charge is 0.393 e. The Kier molecular flexibility index (Phi) is 3.35. The number of rotatable bonds is 2. The standard InChI is InChI=1S/C11H17N3O5/c1-5-3-14(10(18)13-8(5)12)9-6(16)7(17)11(2,4-15)19-9/h3,6-7,9,15-17H,4H2,1-2H3,(H2,12,13,18)/t6-,7?,9+,11+/m0/s1. The summed E-state index contributed by atoms with van der Waals surface area (Å²) in [5.74, 6) is 0.0965. The normalized spacial score (nSPS) is 34.7. The van der Waals surface area contributed by atoms with Crippen LogP contribution in [0.4, 0.5) is 5.82 Å². The number of aryl methyl sites for hydroxylation is 1. The van der Waals surface area contributed by atoms with E-state index in [0.29, 0.717) is 5.56 Å². The molecule has 0 amide bonds. The van der Waals surface area contributed by atoms with Crippen molar-refractivity contribution in [2.24, 2.45) is 0 Å². The molecule has 0 saturated carbocycles. The van der Waals surface area contributed by atoms with Crippen molar-refractivity contribution in [3.05, 3.63) is 22.2 Å². The molecule has 8 nitrogen and oxygen atoms in total. The quantitative estimate of drug-likeness (QED) is 0.496. The van der Waals surface area contributed by atoms with Gasteiger partial charge in [0.2, 0.25) is 0 Å². The van der Waals surface area contributed by atoms with Crippen molar-refractivity contribution in [3.63, 3.8) is 0 Å². The summed E-state index contributed by atoms with van der Waals surface area (Å²) in [6.45, 7) is 2.61. The number of nitrogens with zero attached hydrogens (tertiary/aromatic N) is 2. The van der Waals surface area contributed by atoms with E-state index in [2.05, 4.69) is 4.98 Å². The molecule has 19 heavy (non-hydrogen) atoms. The van der Waals surface area contributed by atoms with Gasteiger partial charge >= 0.3 is 5.69 Å². The minimum atomic E-state index is -1.35. The Balaban J connectivity index is 2.44.